The number of nitrogens with zero attached hydrogens (tertiary/aromatic N) is 1. The van der Waals surface area contributed by atoms with Gasteiger partial charge in [0.15, 0.2) is 0 Å². The zero-order valence-corrected chi connectivity index (χ0v) is 17.7. The number of rotatable bonds is 4. The lowest BCUT2D eigenvalue weighted by Crippen LogP contribution is -2.43. The lowest BCUT2D eigenvalue weighted by atomic mass is 9.92. The van der Waals surface area contributed by atoms with Crippen LogP contribution in [0.1, 0.15) is 33.3 Å². The number of ether oxygens (including phenoxy) is 1. The van der Waals surface area contributed by atoms with Crippen molar-refractivity contribution in [2.24, 2.45) is 11.3 Å². The van der Waals surface area contributed by atoms with Crippen LogP contribution in [0, 0.1) is 18.3 Å². The fourth-order valence-corrected chi connectivity index (χ4v) is 3.20. The zero-order chi connectivity index (χ0) is 21.2. The standard InChI is InChI=1S/C23H29N3O3/c1-15(2)13-26-19-12-18(10-11-20(19)29-14-23(4,5)21(26)27)25-22(28)24-17-8-6-16(3)7-9-17/h6-12,15H,13-14H2,1-5H3,(H2,24,25,28). The highest BCUT2D eigenvalue weighted by Gasteiger charge is 2.38. The number of anilines is 3. The van der Waals surface area contributed by atoms with Crippen LogP contribution in [0.2, 0.25) is 0 Å². The van der Waals surface area contributed by atoms with Gasteiger partial charge in [0.25, 0.3) is 0 Å². The number of nitrogens with one attached hydrogen (secondary N) is 2. The van der Waals surface area contributed by atoms with E-state index in [0.29, 0.717) is 41.9 Å². The Kier molecular flexibility index (Phi) is 5.82. The molecule has 2 aromatic rings. The largest absolute Gasteiger partial charge is 0.490 e. The van der Waals surface area contributed by atoms with Gasteiger partial charge in [0.1, 0.15) is 12.4 Å². The van der Waals surface area contributed by atoms with E-state index >= 15 is 0 Å². The van der Waals surface area contributed by atoms with Crippen molar-refractivity contribution in [1.29, 1.82) is 0 Å². The Hall–Kier alpha value is -3.02. The van der Waals surface area contributed by atoms with E-state index in [2.05, 4.69) is 24.5 Å². The Bertz CT molecular complexity index is 904. The van der Waals surface area contributed by atoms with Crippen molar-refractivity contribution in [1.82, 2.24) is 0 Å². The van der Waals surface area contributed by atoms with Crippen LogP contribution in [-0.2, 0) is 4.79 Å². The fraction of sp³-hybridized carbons (Fsp3) is 0.391. The second kappa shape index (κ2) is 8.15. The van der Waals surface area contributed by atoms with Crippen LogP contribution < -0.4 is 20.3 Å². The summed E-state index contributed by atoms with van der Waals surface area (Å²) in [4.78, 5) is 27.3. The maximum absolute atomic E-state index is 13.1. The summed E-state index contributed by atoms with van der Waals surface area (Å²) in [6, 6.07) is 12.6. The molecule has 0 fully saturated rings. The first-order valence-electron chi connectivity index (χ1n) is 9.89. The molecule has 1 aliphatic heterocycles. The van der Waals surface area contributed by atoms with Crippen LogP contribution >= 0.6 is 0 Å². The Labute approximate surface area is 172 Å². The molecule has 0 aromatic heterocycles. The molecule has 3 rings (SSSR count). The summed E-state index contributed by atoms with van der Waals surface area (Å²) in [6.07, 6.45) is 0. The average molecular weight is 396 g/mol. The Morgan fingerprint density at radius 2 is 1.72 bits per heavy atom. The normalized spacial score (nSPS) is 15.4. The van der Waals surface area contributed by atoms with Gasteiger partial charge < -0.3 is 20.3 Å². The monoisotopic (exact) mass is 395 g/mol. The molecule has 6 nitrogen and oxygen atoms in total. The lowest BCUT2D eigenvalue weighted by Gasteiger charge is -2.29. The summed E-state index contributed by atoms with van der Waals surface area (Å²) in [7, 11) is 0. The van der Waals surface area contributed by atoms with Crippen LogP contribution in [0.15, 0.2) is 42.5 Å². The molecule has 2 aromatic carbocycles. The van der Waals surface area contributed by atoms with Crippen LogP contribution in [0.3, 0.4) is 0 Å². The first kappa shape index (κ1) is 20.7. The molecule has 3 amide bonds. The van der Waals surface area contributed by atoms with Crippen molar-refractivity contribution in [3.63, 3.8) is 0 Å². The lowest BCUT2D eigenvalue weighted by molar-refractivity contribution is -0.127. The van der Waals surface area contributed by atoms with Crippen molar-refractivity contribution < 1.29 is 14.3 Å². The maximum atomic E-state index is 13.1. The minimum Gasteiger partial charge on any atom is -0.490 e. The molecule has 0 atom stereocenters. The smallest absolute Gasteiger partial charge is 0.323 e. The first-order chi connectivity index (χ1) is 13.7. The molecule has 0 spiro atoms. The summed E-state index contributed by atoms with van der Waals surface area (Å²) in [5.74, 6) is 0.961. The van der Waals surface area contributed by atoms with Gasteiger partial charge in [0.2, 0.25) is 5.91 Å². The Morgan fingerprint density at radius 1 is 1.10 bits per heavy atom. The van der Waals surface area contributed by atoms with E-state index in [9.17, 15) is 9.59 Å². The van der Waals surface area contributed by atoms with Crippen LogP contribution in [0.25, 0.3) is 0 Å². The van der Waals surface area contributed by atoms with E-state index in [0.717, 1.165) is 5.56 Å². The number of carbonyl (C=O) groups excluding carboxylic acids is 2. The van der Waals surface area contributed by atoms with Gasteiger partial charge in [-0.25, -0.2) is 4.79 Å². The highest BCUT2D eigenvalue weighted by atomic mass is 16.5. The van der Waals surface area contributed by atoms with Gasteiger partial charge in [0.05, 0.1) is 11.1 Å². The first-order valence-corrected chi connectivity index (χ1v) is 9.89. The number of amides is 3. The summed E-state index contributed by atoms with van der Waals surface area (Å²) >= 11 is 0. The molecule has 0 unspecified atom stereocenters. The topological polar surface area (TPSA) is 70.7 Å². The molecule has 29 heavy (non-hydrogen) atoms. The van der Waals surface area contributed by atoms with Crippen molar-refractivity contribution in [2.75, 3.05) is 28.7 Å². The molecule has 0 saturated heterocycles. The molecule has 0 bridgehead atoms. The minimum atomic E-state index is -0.621. The Balaban J connectivity index is 1.83. The molecule has 0 aliphatic carbocycles. The summed E-state index contributed by atoms with van der Waals surface area (Å²) in [6.45, 7) is 10.8. The van der Waals surface area contributed by atoms with E-state index in [1.165, 1.54) is 0 Å². The molecule has 154 valence electrons. The number of carbonyl (C=O) groups is 2. The van der Waals surface area contributed by atoms with Gasteiger partial charge in [-0.1, -0.05) is 31.5 Å². The molecule has 2 N–H and O–H groups in total. The van der Waals surface area contributed by atoms with Gasteiger partial charge in [-0.3, -0.25) is 4.79 Å². The van der Waals surface area contributed by atoms with Crippen LogP contribution in [-0.4, -0.2) is 25.1 Å². The molecule has 1 heterocycles. The molecule has 1 aliphatic rings. The molecule has 0 radical (unpaired) electrons. The van der Waals surface area contributed by atoms with Crippen LogP contribution in [0.4, 0.5) is 21.9 Å². The quantitative estimate of drug-likeness (QED) is 0.761. The van der Waals surface area contributed by atoms with Gasteiger partial charge in [-0.05, 0) is 57.0 Å². The third-order valence-electron chi connectivity index (χ3n) is 4.78. The number of urea groups is 1. The predicted molar refractivity (Wildman–Crippen MR) is 117 cm³/mol. The maximum Gasteiger partial charge on any atom is 0.323 e. The van der Waals surface area contributed by atoms with Gasteiger partial charge in [-0.15, -0.1) is 0 Å². The van der Waals surface area contributed by atoms with Crippen molar-refractivity contribution in [2.45, 2.75) is 34.6 Å². The Morgan fingerprint density at radius 3 is 2.38 bits per heavy atom. The fourth-order valence-electron chi connectivity index (χ4n) is 3.20. The predicted octanol–water partition coefficient (Wildman–Crippen LogP) is 5.05. The molecular weight excluding hydrogens is 366 g/mol. The minimum absolute atomic E-state index is 0.0196. The summed E-state index contributed by atoms with van der Waals surface area (Å²) in [5.41, 5.74) is 2.49. The summed E-state index contributed by atoms with van der Waals surface area (Å²) < 4.78 is 5.92. The second-order valence-corrected chi connectivity index (χ2v) is 8.61. The van der Waals surface area contributed by atoms with Crippen molar-refractivity contribution in [3.8, 4) is 5.75 Å². The number of benzene rings is 2. The van der Waals surface area contributed by atoms with Gasteiger partial charge in [-0.2, -0.15) is 0 Å². The number of hydrogen-bond acceptors (Lipinski definition) is 3. The molecule has 0 saturated carbocycles. The number of fused-ring (bicyclic) bond motifs is 1. The second-order valence-electron chi connectivity index (χ2n) is 8.61. The van der Waals surface area contributed by atoms with E-state index in [4.69, 9.17) is 4.74 Å². The van der Waals surface area contributed by atoms with E-state index in [1.807, 2.05) is 45.0 Å². The van der Waals surface area contributed by atoms with Gasteiger partial charge >= 0.3 is 6.03 Å². The van der Waals surface area contributed by atoms with Crippen molar-refractivity contribution in [3.05, 3.63) is 48.0 Å². The number of aryl methyl sites for hydroxylation is 1. The third-order valence-corrected chi connectivity index (χ3v) is 4.78. The van der Waals surface area contributed by atoms with Crippen molar-refractivity contribution >= 4 is 29.0 Å². The van der Waals surface area contributed by atoms with E-state index < -0.39 is 5.41 Å². The average Bonchev–Trinajstić information content (AvgIpc) is 2.74. The molecule has 6 heteroatoms. The highest BCUT2D eigenvalue weighted by molar-refractivity contribution is 6.02. The van der Waals surface area contributed by atoms with E-state index in [-0.39, 0.29) is 11.9 Å². The summed E-state index contributed by atoms with van der Waals surface area (Å²) in [5, 5.41) is 5.65. The highest BCUT2D eigenvalue weighted by Crippen LogP contribution is 2.38. The third kappa shape index (κ3) is 4.88. The van der Waals surface area contributed by atoms with Gasteiger partial charge in [0, 0.05) is 17.9 Å². The molecular formula is C23H29N3O3. The van der Waals surface area contributed by atoms with Crippen LogP contribution in [0.5, 0.6) is 5.75 Å². The number of hydrogen-bond donors (Lipinski definition) is 2. The SMILES string of the molecule is Cc1ccc(NC(=O)Nc2ccc3c(c2)N(CC(C)C)C(=O)C(C)(C)CO3)cc1. The van der Waals surface area contributed by atoms with E-state index in [1.54, 1.807) is 23.1 Å². The zero-order valence-electron chi connectivity index (χ0n) is 17.7.